The molecule has 0 aromatic heterocycles. The highest BCUT2D eigenvalue weighted by Crippen LogP contribution is 2.23. The van der Waals surface area contributed by atoms with Crippen molar-refractivity contribution in [2.75, 3.05) is 25.0 Å². The molecule has 1 atom stereocenters. The molecule has 0 spiro atoms. The Morgan fingerprint density at radius 3 is 2.34 bits per heavy atom. The van der Waals surface area contributed by atoms with E-state index in [-0.39, 0.29) is 11.8 Å². The van der Waals surface area contributed by atoms with Crippen LogP contribution in [0.5, 0.6) is 11.5 Å². The van der Waals surface area contributed by atoms with Gasteiger partial charge in [-0.2, -0.15) is 0 Å². The van der Waals surface area contributed by atoms with Crippen LogP contribution in [0, 0.1) is 0 Å². The van der Waals surface area contributed by atoms with Gasteiger partial charge >= 0.3 is 6.03 Å². The summed E-state index contributed by atoms with van der Waals surface area (Å²) in [4.78, 5) is 27.6. The minimum atomic E-state index is -0.576. The summed E-state index contributed by atoms with van der Waals surface area (Å²) < 4.78 is 5.78. The van der Waals surface area contributed by atoms with Crippen molar-refractivity contribution in [2.45, 2.75) is 12.6 Å². The van der Waals surface area contributed by atoms with Gasteiger partial charge in [-0.1, -0.05) is 42.5 Å². The Morgan fingerprint density at radius 1 is 0.969 bits per heavy atom. The van der Waals surface area contributed by atoms with Crippen molar-refractivity contribution in [1.82, 2.24) is 10.2 Å². The zero-order valence-corrected chi connectivity index (χ0v) is 17.7. The van der Waals surface area contributed by atoms with E-state index in [1.54, 1.807) is 41.3 Å². The maximum Gasteiger partial charge on any atom is 0.322 e. The quantitative estimate of drug-likeness (QED) is 0.519. The standard InChI is InChI=1S/C25H26N4O3/c26-16-18-6-8-19(9-7-18)24(30)23-17-27-14-15-29(23)25(31)28-20-10-12-22(13-11-20)32-21-4-2-1-3-5-21/h1-13,23,27H,14-17,26H2,(H,28,31). The number of anilines is 1. The number of para-hydroxylation sites is 1. The van der Waals surface area contributed by atoms with Gasteiger partial charge in [0.15, 0.2) is 5.78 Å². The Morgan fingerprint density at radius 2 is 1.66 bits per heavy atom. The Hall–Kier alpha value is -3.68. The molecule has 164 valence electrons. The summed E-state index contributed by atoms with van der Waals surface area (Å²) in [7, 11) is 0. The highest BCUT2D eigenvalue weighted by Gasteiger charge is 2.32. The second kappa shape index (κ2) is 10.1. The lowest BCUT2D eigenvalue weighted by molar-refractivity contribution is 0.0829. The monoisotopic (exact) mass is 430 g/mol. The minimum Gasteiger partial charge on any atom is -0.457 e. The molecule has 3 aromatic rings. The van der Waals surface area contributed by atoms with Crippen LogP contribution in [0.25, 0.3) is 0 Å². The van der Waals surface area contributed by atoms with Gasteiger partial charge in [-0.3, -0.25) is 4.79 Å². The summed E-state index contributed by atoms with van der Waals surface area (Å²) in [5.41, 5.74) is 7.79. The number of carbonyl (C=O) groups excluding carboxylic acids is 2. The number of nitrogens with one attached hydrogen (secondary N) is 2. The Kier molecular flexibility index (Phi) is 6.79. The molecule has 1 unspecified atom stereocenters. The van der Waals surface area contributed by atoms with Gasteiger partial charge in [-0.15, -0.1) is 0 Å². The van der Waals surface area contributed by atoms with Gasteiger partial charge in [0.25, 0.3) is 0 Å². The van der Waals surface area contributed by atoms with Gasteiger partial charge in [-0.05, 0) is 42.0 Å². The van der Waals surface area contributed by atoms with Gasteiger partial charge in [-0.25, -0.2) is 4.79 Å². The molecule has 1 saturated heterocycles. The molecule has 4 rings (SSSR count). The highest BCUT2D eigenvalue weighted by molar-refractivity contribution is 6.03. The number of hydrogen-bond acceptors (Lipinski definition) is 5. The predicted octanol–water partition coefficient (Wildman–Crippen LogP) is 3.63. The summed E-state index contributed by atoms with van der Waals surface area (Å²) >= 11 is 0. The van der Waals surface area contributed by atoms with Crippen LogP contribution in [-0.2, 0) is 6.54 Å². The SMILES string of the molecule is NCc1ccc(C(=O)C2CNCCN2C(=O)Nc2ccc(Oc3ccccc3)cc2)cc1. The van der Waals surface area contributed by atoms with Crippen molar-refractivity contribution in [3.63, 3.8) is 0 Å². The van der Waals surface area contributed by atoms with Crippen LogP contribution in [0.2, 0.25) is 0 Å². The Balaban J connectivity index is 1.42. The molecule has 1 aliphatic rings. The van der Waals surface area contributed by atoms with Gasteiger partial charge in [0.1, 0.15) is 17.5 Å². The molecule has 0 bridgehead atoms. The molecule has 4 N–H and O–H groups in total. The van der Waals surface area contributed by atoms with E-state index in [1.807, 2.05) is 42.5 Å². The van der Waals surface area contributed by atoms with Crippen LogP contribution < -0.4 is 21.1 Å². The molecule has 3 aromatic carbocycles. The number of benzene rings is 3. The molecule has 7 heteroatoms. The maximum absolute atomic E-state index is 13.1. The lowest BCUT2D eigenvalue weighted by Gasteiger charge is -2.35. The first-order chi connectivity index (χ1) is 15.6. The van der Waals surface area contributed by atoms with E-state index in [1.165, 1.54) is 0 Å². The number of Topliss-reactive ketones (excluding diaryl/α,β-unsaturated/α-hetero) is 1. The number of nitrogens with two attached hydrogens (primary N) is 1. The summed E-state index contributed by atoms with van der Waals surface area (Å²) in [5, 5.41) is 6.10. The van der Waals surface area contributed by atoms with E-state index in [4.69, 9.17) is 10.5 Å². The molecule has 0 radical (unpaired) electrons. The first-order valence-corrected chi connectivity index (χ1v) is 10.6. The average molecular weight is 431 g/mol. The number of ether oxygens (including phenoxy) is 1. The maximum atomic E-state index is 13.1. The van der Waals surface area contributed by atoms with Crippen LogP contribution in [0.15, 0.2) is 78.9 Å². The number of nitrogens with zero attached hydrogens (tertiary/aromatic N) is 1. The normalized spacial score (nSPS) is 15.8. The Bertz CT molecular complexity index is 1050. The first kappa shape index (κ1) is 21.5. The molecule has 32 heavy (non-hydrogen) atoms. The van der Waals surface area contributed by atoms with Gasteiger partial charge in [0.2, 0.25) is 0 Å². The van der Waals surface area contributed by atoms with Gasteiger partial charge < -0.3 is 26.0 Å². The summed E-state index contributed by atoms with van der Waals surface area (Å²) in [6.07, 6.45) is 0. The van der Waals surface area contributed by atoms with E-state index in [2.05, 4.69) is 10.6 Å². The van der Waals surface area contributed by atoms with Crippen LogP contribution >= 0.6 is 0 Å². The number of urea groups is 1. The number of ketones is 1. The molecule has 1 heterocycles. The zero-order valence-electron chi connectivity index (χ0n) is 17.7. The second-order valence-corrected chi connectivity index (χ2v) is 7.55. The minimum absolute atomic E-state index is 0.0949. The number of amides is 2. The third kappa shape index (κ3) is 5.14. The smallest absolute Gasteiger partial charge is 0.322 e. The molecule has 2 amide bonds. The largest absolute Gasteiger partial charge is 0.457 e. The predicted molar refractivity (Wildman–Crippen MR) is 124 cm³/mol. The van der Waals surface area contributed by atoms with E-state index in [0.29, 0.717) is 43.2 Å². The molecule has 0 aliphatic carbocycles. The summed E-state index contributed by atoms with van der Waals surface area (Å²) in [6.45, 7) is 1.91. The highest BCUT2D eigenvalue weighted by atomic mass is 16.5. The van der Waals surface area contributed by atoms with E-state index in [0.717, 1.165) is 11.3 Å². The van der Waals surface area contributed by atoms with Crippen molar-refractivity contribution in [1.29, 1.82) is 0 Å². The lowest BCUT2D eigenvalue weighted by atomic mass is 10.00. The molecule has 0 saturated carbocycles. The summed E-state index contributed by atoms with van der Waals surface area (Å²) in [6, 6.07) is 23.0. The van der Waals surface area contributed by atoms with Crippen LogP contribution in [-0.4, -0.2) is 42.4 Å². The third-order valence-corrected chi connectivity index (χ3v) is 5.37. The summed E-state index contributed by atoms with van der Waals surface area (Å²) in [5.74, 6) is 1.32. The van der Waals surface area contributed by atoms with Crippen LogP contribution in [0.4, 0.5) is 10.5 Å². The van der Waals surface area contributed by atoms with Crippen molar-refractivity contribution in [2.24, 2.45) is 5.73 Å². The van der Waals surface area contributed by atoms with Gasteiger partial charge in [0.05, 0.1) is 0 Å². The van der Waals surface area contributed by atoms with Crippen molar-refractivity contribution in [3.05, 3.63) is 90.0 Å². The Labute approximate surface area is 187 Å². The van der Waals surface area contributed by atoms with Gasteiger partial charge in [0, 0.05) is 37.4 Å². The van der Waals surface area contributed by atoms with Crippen LogP contribution in [0.3, 0.4) is 0 Å². The van der Waals surface area contributed by atoms with E-state index < -0.39 is 6.04 Å². The lowest BCUT2D eigenvalue weighted by Crippen LogP contribution is -2.58. The average Bonchev–Trinajstić information content (AvgIpc) is 2.85. The zero-order chi connectivity index (χ0) is 22.3. The van der Waals surface area contributed by atoms with Crippen molar-refractivity contribution in [3.8, 4) is 11.5 Å². The second-order valence-electron chi connectivity index (χ2n) is 7.55. The topological polar surface area (TPSA) is 96.7 Å². The molecular formula is C25H26N4O3. The molecule has 1 aliphatic heterocycles. The fourth-order valence-electron chi connectivity index (χ4n) is 3.61. The van der Waals surface area contributed by atoms with Crippen molar-refractivity contribution >= 4 is 17.5 Å². The first-order valence-electron chi connectivity index (χ1n) is 10.6. The third-order valence-electron chi connectivity index (χ3n) is 5.37. The number of piperazine rings is 1. The van der Waals surface area contributed by atoms with E-state index in [9.17, 15) is 9.59 Å². The van der Waals surface area contributed by atoms with Crippen LogP contribution in [0.1, 0.15) is 15.9 Å². The van der Waals surface area contributed by atoms with Crippen molar-refractivity contribution < 1.29 is 14.3 Å². The number of carbonyl (C=O) groups is 2. The van der Waals surface area contributed by atoms with E-state index >= 15 is 0 Å². The fraction of sp³-hybridized carbons (Fsp3) is 0.200. The molecule has 1 fully saturated rings. The molecule has 7 nitrogen and oxygen atoms in total. The number of hydrogen-bond donors (Lipinski definition) is 3. The number of rotatable bonds is 6. The fourth-order valence-corrected chi connectivity index (χ4v) is 3.61. The molecular weight excluding hydrogens is 404 g/mol.